The second-order valence-electron chi connectivity index (χ2n) is 7.08. The quantitative estimate of drug-likeness (QED) is 0.621. The fourth-order valence-electron chi connectivity index (χ4n) is 3.12. The number of β-amino-alcohol motifs (C(OH)–C–C–N with tert-alkyl or cyclic N) is 1. The number of halogens is 2. The van der Waals surface area contributed by atoms with E-state index in [1.165, 1.54) is 12.5 Å². The minimum atomic E-state index is -3.73. The van der Waals surface area contributed by atoms with Gasteiger partial charge in [0.05, 0.1) is 22.5 Å². The van der Waals surface area contributed by atoms with Crippen molar-refractivity contribution in [2.24, 2.45) is 7.05 Å². The van der Waals surface area contributed by atoms with Crippen molar-refractivity contribution in [3.63, 3.8) is 0 Å². The number of aliphatic hydroxyl groups excluding tert-OH is 1. The molecule has 0 bridgehead atoms. The maximum atomic E-state index is 12.2. The van der Waals surface area contributed by atoms with Crippen LogP contribution in [0.3, 0.4) is 0 Å². The second-order valence-corrected chi connectivity index (χ2v) is 9.61. The Balaban J connectivity index is 1.41. The van der Waals surface area contributed by atoms with Gasteiger partial charge in [0.25, 0.3) is 10.0 Å². The highest BCUT2D eigenvalue weighted by Gasteiger charge is 2.24. The van der Waals surface area contributed by atoms with E-state index < -0.39 is 16.1 Å². The van der Waals surface area contributed by atoms with Crippen LogP contribution in [0.1, 0.15) is 12.8 Å². The monoisotopic (exact) mass is 462 g/mol. The first-order chi connectivity index (χ1) is 13.7. The number of piperidine rings is 1. The van der Waals surface area contributed by atoms with E-state index in [4.69, 9.17) is 27.9 Å². The van der Waals surface area contributed by atoms with Crippen LogP contribution in [0.5, 0.6) is 5.75 Å². The summed E-state index contributed by atoms with van der Waals surface area (Å²) in [4.78, 5) is 5.92. The Labute approximate surface area is 180 Å². The van der Waals surface area contributed by atoms with Gasteiger partial charge in [0.15, 0.2) is 5.03 Å². The number of ether oxygens (including phenoxy) is 1. The predicted molar refractivity (Wildman–Crippen MR) is 111 cm³/mol. The average molecular weight is 463 g/mol. The van der Waals surface area contributed by atoms with Crippen molar-refractivity contribution in [2.45, 2.75) is 30.1 Å². The molecule has 29 heavy (non-hydrogen) atoms. The van der Waals surface area contributed by atoms with Crippen LogP contribution in [-0.2, 0) is 17.1 Å². The number of benzene rings is 1. The summed E-state index contributed by atoms with van der Waals surface area (Å²) in [5.74, 6) is 0.682. The van der Waals surface area contributed by atoms with Crippen LogP contribution in [0.15, 0.2) is 35.7 Å². The topological polar surface area (TPSA) is 96.7 Å². The van der Waals surface area contributed by atoms with E-state index in [-0.39, 0.29) is 17.7 Å². The molecule has 1 aromatic heterocycles. The molecule has 1 aliphatic heterocycles. The fourth-order valence-corrected chi connectivity index (χ4v) is 4.46. The van der Waals surface area contributed by atoms with Crippen LogP contribution in [0.4, 0.5) is 0 Å². The first-order valence-electron chi connectivity index (χ1n) is 9.22. The minimum absolute atomic E-state index is 0.0586. The number of imidazole rings is 1. The van der Waals surface area contributed by atoms with Crippen molar-refractivity contribution in [1.82, 2.24) is 19.2 Å². The standard InChI is InChI=1S/C18H24Cl2N4O4S/c1-23-11-18(21-12-23)29(26,27)22-9-13(25)10-24-6-4-14(5-7-24)28-15-2-3-16(19)17(20)8-15/h2-3,8,11-14,22,25H,4-7,9-10H2,1H3/t13-/m1/s1. The van der Waals surface area contributed by atoms with Gasteiger partial charge >= 0.3 is 0 Å². The van der Waals surface area contributed by atoms with Gasteiger partial charge in [-0.3, -0.25) is 0 Å². The van der Waals surface area contributed by atoms with Gasteiger partial charge in [0, 0.05) is 45.5 Å². The highest BCUT2D eigenvalue weighted by atomic mass is 35.5. The molecule has 2 aromatic rings. The number of aliphatic hydroxyl groups is 1. The normalized spacial score (nSPS) is 17.4. The van der Waals surface area contributed by atoms with E-state index in [0.717, 1.165) is 25.9 Å². The minimum Gasteiger partial charge on any atom is -0.490 e. The Morgan fingerprint density at radius 1 is 1.31 bits per heavy atom. The number of likely N-dealkylation sites (tertiary alicyclic amines) is 1. The van der Waals surface area contributed by atoms with Gasteiger partial charge < -0.3 is 19.3 Å². The molecule has 11 heteroatoms. The lowest BCUT2D eigenvalue weighted by Gasteiger charge is -2.33. The zero-order valence-electron chi connectivity index (χ0n) is 16.0. The van der Waals surface area contributed by atoms with Crippen molar-refractivity contribution in [2.75, 3.05) is 26.2 Å². The molecule has 8 nitrogen and oxygen atoms in total. The van der Waals surface area contributed by atoms with E-state index in [0.29, 0.717) is 22.3 Å². The lowest BCUT2D eigenvalue weighted by atomic mass is 10.1. The summed E-state index contributed by atoms with van der Waals surface area (Å²) in [5, 5.41) is 11.1. The second kappa shape index (κ2) is 9.63. The summed E-state index contributed by atoms with van der Waals surface area (Å²) >= 11 is 11.9. The van der Waals surface area contributed by atoms with E-state index >= 15 is 0 Å². The van der Waals surface area contributed by atoms with Gasteiger partial charge in [-0.2, -0.15) is 0 Å². The molecule has 1 aliphatic rings. The molecule has 0 amide bonds. The highest BCUT2D eigenvalue weighted by Crippen LogP contribution is 2.28. The fraction of sp³-hybridized carbons (Fsp3) is 0.500. The Morgan fingerprint density at radius 2 is 2.03 bits per heavy atom. The SMILES string of the molecule is Cn1cnc(S(=O)(=O)NC[C@@H](O)CN2CCC(Oc3ccc(Cl)c(Cl)c3)CC2)c1. The number of nitrogens with one attached hydrogen (secondary N) is 1. The lowest BCUT2D eigenvalue weighted by molar-refractivity contribution is 0.0630. The van der Waals surface area contributed by atoms with Crippen LogP contribution in [0, 0.1) is 0 Å². The van der Waals surface area contributed by atoms with E-state index in [9.17, 15) is 13.5 Å². The molecule has 1 aromatic carbocycles. The first-order valence-corrected chi connectivity index (χ1v) is 11.5. The first kappa shape index (κ1) is 22.3. The molecule has 0 radical (unpaired) electrons. The zero-order chi connectivity index (χ0) is 21.0. The molecule has 0 aliphatic carbocycles. The van der Waals surface area contributed by atoms with Crippen molar-refractivity contribution in [3.05, 3.63) is 40.8 Å². The summed E-state index contributed by atoms with van der Waals surface area (Å²) in [6, 6.07) is 5.20. The summed E-state index contributed by atoms with van der Waals surface area (Å²) in [7, 11) is -2.04. The van der Waals surface area contributed by atoms with Gasteiger partial charge in [-0.25, -0.2) is 18.1 Å². The summed E-state index contributed by atoms with van der Waals surface area (Å²) in [6.45, 7) is 1.80. The molecule has 1 fully saturated rings. The smallest absolute Gasteiger partial charge is 0.259 e. The zero-order valence-corrected chi connectivity index (χ0v) is 18.3. The number of rotatable bonds is 8. The van der Waals surface area contributed by atoms with Crippen molar-refractivity contribution >= 4 is 33.2 Å². The third-order valence-corrected chi connectivity index (χ3v) is 6.71. The number of aryl methyl sites for hydroxylation is 1. The molecular weight excluding hydrogens is 439 g/mol. The molecule has 160 valence electrons. The molecule has 0 unspecified atom stereocenters. The maximum Gasteiger partial charge on any atom is 0.259 e. The highest BCUT2D eigenvalue weighted by molar-refractivity contribution is 7.89. The summed E-state index contributed by atoms with van der Waals surface area (Å²) in [6.07, 6.45) is 3.66. The van der Waals surface area contributed by atoms with Crippen LogP contribution in [0.2, 0.25) is 10.0 Å². The molecular formula is C18H24Cl2N4O4S. The third kappa shape index (κ3) is 6.31. The van der Waals surface area contributed by atoms with Crippen LogP contribution >= 0.6 is 23.2 Å². The number of sulfonamides is 1. The molecule has 1 saturated heterocycles. The van der Waals surface area contributed by atoms with E-state index in [2.05, 4.69) is 14.6 Å². The predicted octanol–water partition coefficient (Wildman–Crippen LogP) is 1.91. The molecule has 2 N–H and O–H groups in total. The number of hydrogen-bond donors (Lipinski definition) is 2. The average Bonchev–Trinajstić information content (AvgIpc) is 3.12. The van der Waals surface area contributed by atoms with E-state index in [1.54, 1.807) is 29.8 Å². The van der Waals surface area contributed by atoms with Gasteiger partial charge in [-0.1, -0.05) is 23.2 Å². The summed E-state index contributed by atoms with van der Waals surface area (Å²) < 4.78 is 34.2. The molecule has 0 saturated carbocycles. The van der Waals surface area contributed by atoms with Crippen LogP contribution in [-0.4, -0.2) is 66.4 Å². The Kier molecular flexibility index (Phi) is 7.42. The van der Waals surface area contributed by atoms with Crippen LogP contribution < -0.4 is 9.46 Å². The lowest BCUT2D eigenvalue weighted by Crippen LogP contribution is -2.45. The Bertz CT molecular complexity index is 930. The molecule has 2 heterocycles. The van der Waals surface area contributed by atoms with E-state index in [1.807, 2.05) is 0 Å². The number of aromatic nitrogens is 2. The van der Waals surface area contributed by atoms with Gasteiger partial charge in [-0.15, -0.1) is 0 Å². The van der Waals surface area contributed by atoms with Gasteiger partial charge in [0.1, 0.15) is 11.9 Å². The maximum absolute atomic E-state index is 12.2. The Hall–Kier alpha value is -1.36. The Morgan fingerprint density at radius 3 is 2.66 bits per heavy atom. The number of hydrogen-bond acceptors (Lipinski definition) is 6. The van der Waals surface area contributed by atoms with Crippen molar-refractivity contribution < 1.29 is 18.3 Å². The van der Waals surface area contributed by atoms with Crippen molar-refractivity contribution in [1.29, 1.82) is 0 Å². The number of nitrogens with zero attached hydrogens (tertiary/aromatic N) is 3. The molecule has 0 spiro atoms. The molecule has 3 rings (SSSR count). The molecule has 1 atom stereocenters. The van der Waals surface area contributed by atoms with Crippen LogP contribution in [0.25, 0.3) is 0 Å². The summed E-state index contributed by atoms with van der Waals surface area (Å²) in [5.41, 5.74) is 0. The largest absolute Gasteiger partial charge is 0.490 e. The third-order valence-electron chi connectivity index (χ3n) is 4.66. The van der Waals surface area contributed by atoms with Gasteiger partial charge in [0.2, 0.25) is 0 Å². The van der Waals surface area contributed by atoms with Gasteiger partial charge in [-0.05, 0) is 25.0 Å². The van der Waals surface area contributed by atoms with Crippen molar-refractivity contribution in [3.8, 4) is 5.75 Å².